The molecular weight excluding hydrogens is 505 g/mol. The molecule has 0 radical (unpaired) electrons. The Balaban J connectivity index is 1.18. The quantitative estimate of drug-likeness (QED) is 0.354. The van der Waals surface area contributed by atoms with Crippen molar-refractivity contribution in [3.8, 4) is 16.3 Å². The predicted molar refractivity (Wildman–Crippen MR) is 143 cm³/mol. The number of aromatic nitrogens is 3. The van der Waals surface area contributed by atoms with E-state index in [1.165, 1.54) is 23.5 Å². The van der Waals surface area contributed by atoms with Crippen molar-refractivity contribution in [3.05, 3.63) is 65.0 Å². The van der Waals surface area contributed by atoms with Crippen LogP contribution in [-0.2, 0) is 7.05 Å². The number of ether oxygens (including phenoxy) is 1. The van der Waals surface area contributed by atoms with Crippen LogP contribution in [0.15, 0.2) is 48.5 Å². The zero-order valence-electron chi connectivity index (χ0n) is 21.0. The zero-order chi connectivity index (χ0) is 26.2. The molecule has 8 nitrogen and oxygen atoms in total. The van der Waals surface area contributed by atoms with Crippen molar-refractivity contribution in [2.45, 2.75) is 44.1 Å². The molecule has 196 valence electrons. The average molecular weight is 534 g/mol. The minimum absolute atomic E-state index is 0.150. The van der Waals surface area contributed by atoms with E-state index in [0.717, 1.165) is 58.5 Å². The Kier molecular flexibility index (Phi) is 6.57. The van der Waals surface area contributed by atoms with Gasteiger partial charge in [-0.25, -0.2) is 14.2 Å². The lowest BCUT2D eigenvalue weighted by atomic mass is 10.0. The van der Waals surface area contributed by atoms with Crippen molar-refractivity contribution in [1.82, 2.24) is 25.0 Å². The molecule has 6 rings (SSSR count). The lowest BCUT2D eigenvalue weighted by molar-refractivity contribution is 0.0607. The van der Waals surface area contributed by atoms with E-state index in [9.17, 15) is 14.0 Å². The molecule has 2 aromatic carbocycles. The van der Waals surface area contributed by atoms with Gasteiger partial charge in [-0.1, -0.05) is 24.3 Å². The SMILES string of the molecule is Cn1nc(OC(=O)NC[C@@H]2CCCCN2C(=O)c2nc(C3CC3)sc2-c2ccc(F)cc2)c2ccccc21. The van der Waals surface area contributed by atoms with E-state index >= 15 is 0 Å². The molecule has 3 heterocycles. The van der Waals surface area contributed by atoms with Gasteiger partial charge in [-0.3, -0.25) is 9.48 Å². The molecule has 0 unspecified atom stereocenters. The molecule has 38 heavy (non-hydrogen) atoms. The summed E-state index contributed by atoms with van der Waals surface area (Å²) in [6.45, 7) is 0.852. The zero-order valence-corrected chi connectivity index (χ0v) is 21.8. The summed E-state index contributed by atoms with van der Waals surface area (Å²) in [5, 5.41) is 8.86. The summed E-state index contributed by atoms with van der Waals surface area (Å²) in [6.07, 6.45) is 4.17. The van der Waals surface area contributed by atoms with Gasteiger partial charge in [0.05, 0.1) is 20.8 Å². The Bertz CT molecular complexity index is 1490. The molecule has 10 heteroatoms. The highest BCUT2D eigenvalue weighted by molar-refractivity contribution is 7.15. The molecule has 1 N–H and O–H groups in total. The molecule has 1 aliphatic heterocycles. The van der Waals surface area contributed by atoms with Gasteiger partial charge in [-0.05, 0) is 61.9 Å². The fourth-order valence-electron chi connectivity index (χ4n) is 4.98. The summed E-state index contributed by atoms with van der Waals surface area (Å²) in [4.78, 5) is 33.9. The van der Waals surface area contributed by atoms with Gasteiger partial charge in [0.1, 0.15) is 11.5 Å². The smallest absolute Gasteiger partial charge is 0.389 e. The van der Waals surface area contributed by atoms with Crippen molar-refractivity contribution < 1.29 is 18.7 Å². The lowest BCUT2D eigenvalue weighted by Crippen LogP contribution is -2.50. The number of hydrogen-bond donors (Lipinski definition) is 1. The molecule has 0 spiro atoms. The second-order valence-corrected chi connectivity index (χ2v) is 10.9. The molecule has 4 aromatic rings. The Hall–Kier alpha value is -3.79. The first kappa shape index (κ1) is 24.5. The van der Waals surface area contributed by atoms with Crippen LogP contribution in [-0.4, -0.2) is 50.8 Å². The minimum Gasteiger partial charge on any atom is -0.389 e. The highest BCUT2D eigenvalue weighted by Crippen LogP contribution is 2.45. The molecule has 2 amide bonds. The summed E-state index contributed by atoms with van der Waals surface area (Å²) >= 11 is 1.53. The number of nitrogens with one attached hydrogen (secondary N) is 1. The Morgan fingerprint density at radius 1 is 1.11 bits per heavy atom. The van der Waals surface area contributed by atoms with E-state index in [-0.39, 0.29) is 30.2 Å². The topological polar surface area (TPSA) is 89.4 Å². The van der Waals surface area contributed by atoms with Crippen LogP contribution in [0.4, 0.5) is 9.18 Å². The molecule has 0 bridgehead atoms. The van der Waals surface area contributed by atoms with Gasteiger partial charge in [0, 0.05) is 32.1 Å². The molecule has 2 aromatic heterocycles. The summed E-state index contributed by atoms with van der Waals surface area (Å²) < 4.78 is 20.8. The average Bonchev–Trinajstić information content (AvgIpc) is 3.62. The number of piperidine rings is 1. The minimum atomic E-state index is -0.608. The van der Waals surface area contributed by atoms with Crippen LogP contribution in [0.5, 0.6) is 5.88 Å². The number of amides is 2. The number of thiazole rings is 1. The van der Waals surface area contributed by atoms with E-state index in [2.05, 4.69) is 10.4 Å². The second kappa shape index (κ2) is 10.2. The number of aryl methyl sites for hydroxylation is 1. The van der Waals surface area contributed by atoms with Gasteiger partial charge in [-0.2, -0.15) is 0 Å². The first-order valence-corrected chi connectivity index (χ1v) is 13.7. The van der Waals surface area contributed by atoms with E-state index in [1.807, 2.05) is 29.2 Å². The van der Waals surface area contributed by atoms with Gasteiger partial charge in [0.2, 0.25) is 0 Å². The lowest BCUT2D eigenvalue weighted by Gasteiger charge is -2.35. The van der Waals surface area contributed by atoms with Crippen molar-refractivity contribution in [1.29, 1.82) is 0 Å². The number of rotatable bonds is 6. The third-order valence-corrected chi connectivity index (χ3v) is 8.43. The predicted octanol–water partition coefficient (Wildman–Crippen LogP) is 5.50. The van der Waals surface area contributed by atoms with Crippen LogP contribution in [0.25, 0.3) is 21.3 Å². The second-order valence-electron chi connectivity index (χ2n) is 9.88. The van der Waals surface area contributed by atoms with Crippen LogP contribution in [0.3, 0.4) is 0 Å². The number of para-hydroxylation sites is 1. The normalized spacial score (nSPS) is 17.5. The fraction of sp³-hybridized carbons (Fsp3) is 0.357. The largest absolute Gasteiger partial charge is 0.414 e. The third kappa shape index (κ3) is 4.88. The summed E-state index contributed by atoms with van der Waals surface area (Å²) in [6, 6.07) is 13.6. The number of carbonyl (C=O) groups excluding carboxylic acids is 2. The number of halogens is 1. The monoisotopic (exact) mass is 533 g/mol. The van der Waals surface area contributed by atoms with Crippen LogP contribution in [0.2, 0.25) is 0 Å². The molecule has 2 aliphatic rings. The maximum atomic E-state index is 13.9. The number of benzene rings is 2. The van der Waals surface area contributed by atoms with Crippen LogP contribution < -0.4 is 10.1 Å². The number of likely N-dealkylation sites (tertiary alicyclic amines) is 1. The molecule has 1 saturated heterocycles. The fourth-order valence-corrected chi connectivity index (χ4v) is 6.21. The van der Waals surface area contributed by atoms with Gasteiger partial charge in [-0.15, -0.1) is 16.4 Å². The van der Waals surface area contributed by atoms with E-state index < -0.39 is 6.09 Å². The Morgan fingerprint density at radius 3 is 2.68 bits per heavy atom. The first-order valence-electron chi connectivity index (χ1n) is 12.9. The number of nitrogens with zero attached hydrogens (tertiary/aromatic N) is 4. The molecule has 1 saturated carbocycles. The van der Waals surface area contributed by atoms with Crippen molar-refractivity contribution in [2.75, 3.05) is 13.1 Å². The number of carbonyl (C=O) groups is 2. The van der Waals surface area contributed by atoms with Gasteiger partial charge in [0.25, 0.3) is 11.8 Å². The van der Waals surface area contributed by atoms with Gasteiger partial charge < -0.3 is 15.0 Å². The summed E-state index contributed by atoms with van der Waals surface area (Å²) in [5.41, 5.74) is 2.07. The molecular formula is C28H28FN5O3S. The maximum Gasteiger partial charge on any atom is 0.414 e. The number of fused-ring (bicyclic) bond motifs is 1. The first-order chi connectivity index (χ1) is 18.5. The van der Waals surface area contributed by atoms with E-state index in [1.54, 1.807) is 23.9 Å². The summed E-state index contributed by atoms with van der Waals surface area (Å²) in [7, 11) is 1.80. The van der Waals surface area contributed by atoms with Crippen molar-refractivity contribution in [2.24, 2.45) is 7.05 Å². The molecule has 2 fully saturated rings. The van der Waals surface area contributed by atoms with E-state index in [4.69, 9.17) is 9.72 Å². The Morgan fingerprint density at radius 2 is 1.89 bits per heavy atom. The third-order valence-electron chi connectivity index (χ3n) is 7.16. The summed E-state index contributed by atoms with van der Waals surface area (Å²) in [5.74, 6) is 0.178. The van der Waals surface area contributed by atoms with Crippen LogP contribution >= 0.6 is 11.3 Å². The van der Waals surface area contributed by atoms with Gasteiger partial charge in [0.15, 0.2) is 0 Å². The standard InChI is InChI=1S/C28H28FN5O3S/c1-33-22-8-3-2-7-21(22)25(32-33)37-28(36)30-16-20-6-4-5-15-34(20)27(35)23-24(17-11-13-19(29)14-12-17)38-26(31-23)18-9-10-18/h2-3,7-8,11-14,18,20H,4-6,9-10,15-16H2,1H3,(H,30,36)/t20-/m0/s1. The van der Waals surface area contributed by atoms with Crippen molar-refractivity contribution >= 4 is 34.2 Å². The highest BCUT2D eigenvalue weighted by atomic mass is 32.1. The molecule has 1 atom stereocenters. The Labute approximate surface area is 223 Å². The highest BCUT2D eigenvalue weighted by Gasteiger charge is 2.34. The number of hydrogen-bond acceptors (Lipinski definition) is 6. The maximum absolute atomic E-state index is 13.9. The van der Waals surface area contributed by atoms with Crippen LogP contribution in [0.1, 0.15) is 53.5 Å². The van der Waals surface area contributed by atoms with Gasteiger partial charge >= 0.3 is 6.09 Å². The van der Waals surface area contributed by atoms with Crippen LogP contribution in [0, 0.1) is 5.82 Å². The van der Waals surface area contributed by atoms with E-state index in [0.29, 0.717) is 18.2 Å². The molecule has 1 aliphatic carbocycles. The van der Waals surface area contributed by atoms with Crippen molar-refractivity contribution in [3.63, 3.8) is 0 Å².